The van der Waals surface area contributed by atoms with Gasteiger partial charge in [0.1, 0.15) is 11.6 Å². The second-order valence-electron chi connectivity index (χ2n) is 7.13. The first kappa shape index (κ1) is 17.1. The molecule has 0 radical (unpaired) electrons. The molecular formula is C19H19N7OS. The molecule has 5 rings (SSSR count). The Bertz CT molecular complexity index is 1210. The largest absolute Gasteiger partial charge is 0.383 e. The van der Waals surface area contributed by atoms with Crippen LogP contribution >= 0.6 is 11.3 Å². The number of hydrogen-bond acceptors (Lipinski definition) is 7. The summed E-state index contributed by atoms with van der Waals surface area (Å²) in [5.41, 5.74) is 9.46. The Hall–Kier alpha value is -3.07. The summed E-state index contributed by atoms with van der Waals surface area (Å²) in [6.45, 7) is 1.47. The summed E-state index contributed by atoms with van der Waals surface area (Å²) < 4.78 is 0.964. The highest BCUT2D eigenvalue weighted by molar-refractivity contribution is 7.22. The number of fused-ring (bicyclic) bond motifs is 2. The topological polar surface area (TPSA) is 122 Å². The highest BCUT2D eigenvalue weighted by atomic mass is 32.1. The first-order valence-electron chi connectivity index (χ1n) is 9.28. The second kappa shape index (κ2) is 6.52. The highest BCUT2D eigenvalue weighted by Gasteiger charge is 2.23. The van der Waals surface area contributed by atoms with Gasteiger partial charge in [0, 0.05) is 18.4 Å². The van der Waals surface area contributed by atoms with E-state index in [4.69, 9.17) is 5.73 Å². The summed E-state index contributed by atoms with van der Waals surface area (Å²) in [6.07, 6.45) is 4.65. The smallest absolute Gasteiger partial charge is 0.223 e. The van der Waals surface area contributed by atoms with E-state index in [1.54, 1.807) is 0 Å². The number of aromatic nitrogens is 5. The molecule has 9 heteroatoms. The number of nitrogens with zero attached hydrogens (tertiary/aromatic N) is 4. The molecular weight excluding hydrogens is 374 g/mol. The fraction of sp³-hybridized carbons (Fsp3) is 0.316. The van der Waals surface area contributed by atoms with Gasteiger partial charge in [0.15, 0.2) is 10.8 Å². The van der Waals surface area contributed by atoms with E-state index in [-0.39, 0.29) is 5.91 Å². The first-order valence-corrected chi connectivity index (χ1v) is 10.1. The molecule has 4 aromatic rings. The zero-order valence-electron chi connectivity index (χ0n) is 15.3. The molecule has 142 valence electrons. The molecule has 4 N–H and O–H groups in total. The van der Waals surface area contributed by atoms with Crippen molar-refractivity contribution in [1.82, 2.24) is 25.1 Å². The lowest BCUT2D eigenvalue weighted by molar-refractivity contribution is -0.114. The number of carbonyl (C=O) groups is 1. The molecule has 0 bridgehead atoms. The van der Waals surface area contributed by atoms with Crippen LogP contribution in [-0.4, -0.2) is 31.1 Å². The van der Waals surface area contributed by atoms with Crippen LogP contribution in [0.5, 0.6) is 0 Å². The van der Waals surface area contributed by atoms with Crippen LogP contribution in [0.15, 0.2) is 18.2 Å². The molecule has 0 unspecified atom stereocenters. The Morgan fingerprint density at radius 2 is 2.07 bits per heavy atom. The van der Waals surface area contributed by atoms with Crippen molar-refractivity contribution < 1.29 is 4.79 Å². The van der Waals surface area contributed by atoms with E-state index in [1.165, 1.54) is 31.1 Å². The maximum atomic E-state index is 11.3. The van der Waals surface area contributed by atoms with Gasteiger partial charge in [0.25, 0.3) is 0 Å². The third-order valence-corrected chi connectivity index (χ3v) is 6.07. The highest BCUT2D eigenvalue weighted by Crippen LogP contribution is 2.36. The third-order valence-electron chi connectivity index (χ3n) is 5.14. The molecule has 1 aliphatic carbocycles. The van der Waals surface area contributed by atoms with Crippen LogP contribution in [0, 0.1) is 0 Å². The maximum absolute atomic E-state index is 11.3. The number of nitrogens with two attached hydrogens (primary N) is 1. The number of aromatic amines is 1. The van der Waals surface area contributed by atoms with Gasteiger partial charge in [-0.3, -0.25) is 9.89 Å². The summed E-state index contributed by atoms with van der Waals surface area (Å²) in [6, 6.07) is 5.88. The lowest BCUT2D eigenvalue weighted by Crippen LogP contribution is -2.04. The van der Waals surface area contributed by atoms with Gasteiger partial charge in [-0.05, 0) is 25.0 Å². The molecule has 3 aromatic heterocycles. The van der Waals surface area contributed by atoms with E-state index >= 15 is 0 Å². The summed E-state index contributed by atoms with van der Waals surface area (Å²) in [7, 11) is 0. The molecule has 3 heterocycles. The predicted molar refractivity (Wildman–Crippen MR) is 110 cm³/mol. The summed E-state index contributed by atoms with van der Waals surface area (Å²) in [5, 5.41) is 11.5. The Kier molecular flexibility index (Phi) is 3.97. The molecule has 0 saturated heterocycles. The van der Waals surface area contributed by atoms with Gasteiger partial charge < -0.3 is 11.1 Å². The standard InChI is InChI=1S/C19H19N7OS/c1-9(27)21-19-22-12-7-6-11(8-13(12)28-19)15-14-16(20)23-17(10-4-2-3-5-10)24-18(14)26-25-15/h6-8,10H,2-5H2,1H3,(H,21,22,27)(H3,20,23,24,25,26). The van der Waals surface area contributed by atoms with Gasteiger partial charge in [-0.2, -0.15) is 5.10 Å². The van der Waals surface area contributed by atoms with E-state index in [9.17, 15) is 4.79 Å². The molecule has 28 heavy (non-hydrogen) atoms. The Morgan fingerprint density at radius 1 is 1.25 bits per heavy atom. The fourth-order valence-electron chi connectivity index (χ4n) is 3.83. The monoisotopic (exact) mass is 393 g/mol. The Labute approximate surface area is 164 Å². The second-order valence-corrected chi connectivity index (χ2v) is 8.16. The minimum Gasteiger partial charge on any atom is -0.383 e. The van der Waals surface area contributed by atoms with Crippen LogP contribution in [0.3, 0.4) is 0 Å². The van der Waals surface area contributed by atoms with Crippen LogP contribution in [0.2, 0.25) is 0 Å². The molecule has 1 aromatic carbocycles. The van der Waals surface area contributed by atoms with Gasteiger partial charge in [0.2, 0.25) is 5.91 Å². The zero-order valence-corrected chi connectivity index (χ0v) is 16.1. The molecule has 0 aliphatic heterocycles. The van der Waals surface area contributed by atoms with E-state index in [0.29, 0.717) is 22.5 Å². The van der Waals surface area contributed by atoms with Gasteiger partial charge in [0.05, 0.1) is 21.3 Å². The van der Waals surface area contributed by atoms with Crippen molar-refractivity contribution in [2.45, 2.75) is 38.5 Å². The lowest BCUT2D eigenvalue weighted by atomic mass is 10.1. The minimum absolute atomic E-state index is 0.137. The van der Waals surface area contributed by atoms with Crippen molar-refractivity contribution >= 4 is 49.4 Å². The lowest BCUT2D eigenvalue weighted by Gasteiger charge is -2.08. The Balaban J connectivity index is 1.57. The number of rotatable bonds is 3. The number of nitrogens with one attached hydrogen (secondary N) is 2. The van der Waals surface area contributed by atoms with Crippen LogP contribution in [-0.2, 0) is 4.79 Å². The summed E-state index contributed by atoms with van der Waals surface area (Å²) in [4.78, 5) is 24.9. The van der Waals surface area contributed by atoms with E-state index in [0.717, 1.165) is 45.5 Å². The van der Waals surface area contributed by atoms with E-state index in [1.807, 2.05) is 18.2 Å². The summed E-state index contributed by atoms with van der Waals surface area (Å²) in [5.74, 6) is 1.51. The molecule has 0 spiro atoms. The van der Waals surface area contributed by atoms with Crippen LogP contribution in [0.25, 0.3) is 32.5 Å². The van der Waals surface area contributed by atoms with Crippen molar-refractivity contribution in [2.24, 2.45) is 0 Å². The Morgan fingerprint density at radius 3 is 2.86 bits per heavy atom. The molecule has 8 nitrogen and oxygen atoms in total. The fourth-order valence-corrected chi connectivity index (χ4v) is 4.78. The van der Waals surface area contributed by atoms with E-state index in [2.05, 4.69) is 30.5 Å². The minimum atomic E-state index is -0.137. The van der Waals surface area contributed by atoms with Crippen LogP contribution in [0.4, 0.5) is 10.9 Å². The molecule has 1 aliphatic rings. The number of hydrogen-bond donors (Lipinski definition) is 3. The normalized spacial score (nSPS) is 14.9. The molecule has 1 amide bonds. The van der Waals surface area contributed by atoms with Gasteiger partial charge in [-0.1, -0.05) is 30.2 Å². The molecule has 1 saturated carbocycles. The van der Waals surface area contributed by atoms with Crippen molar-refractivity contribution in [2.75, 3.05) is 11.1 Å². The van der Waals surface area contributed by atoms with Gasteiger partial charge in [-0.15, -0.1) is 0 Å². The van der Waals surface area contributed by atoms with Gasteiger partial charge in [-0.25, -0.2) is 15.0 Å². The van der Waals surface area contributed by atoms with Crippen molar-refractivity contribution in [3.63, 3.8) is 0 Å². The number of amides is 1. The number of H-pyrrole nitrogens is 1. The third kappa shape index (κ3) is 2.88. The number of thiazole rings is 1. The van der Waals surface area contributed by atoms with Gasteiger partial charge >= 0.3 is 0 Å². The quantitative estimate of drug-likeness (QED) is 0.486. The molecule has 1 fully saturated rings. The number of carbonyl (C=O) groups excluding carboxylic acids is 1. The number of nitrogen functional groups attached to an aromatic ring is 1. The van der Waals surface area contributed by atoms with E-state index < -0.39 is 0 Å². The zero-order chi connectivity index (χ0) is 19.3. The number of anilines is 2. The average molecular weight is 393 g/mol. The SMILES string of the molecule is CC(=O)Nc1nc2ccc(-c3[nH]nc4nc(C5CCCC5)nc(N)c34)cc2s1. The maximum Gasteiger partial charge on any atom is 0.223 e. The van der Waals surface area contributed by atoms with Crippen LogP contribution in [0.1, 0.15) is 44.3 Å². The van der Waals surface area contributed by atoms with Crippen LogP contribution < -0.4 is 11.1 Å². The van der Waals surface area contributed by atoms with Crippen molar-refractivity contribution in [3.05, 3.63) is 24.0 Å². The molecule has 0 atom stereocenters. The van der Waals surface area contributed by atoms with Crippen molar-refractivity contribution in [3.8, 4) is 11.3 Å². The summed E-state index contributed by atoms with van der Waals surface area (Å²) >= 11 is 1.43. The average Bonchev–Trinajstić information content (AvgIpc) is 3.39. The number of benzene rings is 1. The predicted octanol–water partition coefficient (Wildman–Crippen LogP) is 3.83. The first-order chi connectivity index (χ1) is 13.6. The van der Waals surface area contributed by atoms with Crippen molar-refractivity contribution in [1.29, 1.82) is 0 Å².